The van der Waals surface area contributed by atoms with Gasteiger partial charge in [-0.2, -0.15) is 0 Å². The summed E-state index contributed by atoms with van der Waals surface area (Å²) in [4.78, 5) is 14.0. The van der Waals surface area contributed by atoms with Crippen molar-refractivity contribution in [2.75, 3.05) is 13.1 Å². The van der Waals surface area contributed by atoms with Gasteiger partial charge in [-0.1, -0.05) is 20.8 Å². The number of morpholine rings is 1. The van der Waals surface area contributed by atoms with Crippen LogP contribution in [0.25, 0.3) is 0 Å². The van der Waals surface area contributed by atoms with Crippen LogP contribution < -0.4 is 5.73 Å². The minimum absolute atomic E-state index is 0.0286. The summed E-state index contributed by atoms with van der Waals surface area (Å²) in [5, 5.41) is 0. The van der Waals surface area contributed by atoms with Gasteiger partial charge in [-0.3, -0.25) is 4.79 Å². The number of hydrogen-bond acceptors (Lipinski definition) is 3. The minimum Gasteiger partial charge on any atom is -0.372 e. The lowest BCUT2D eigenvalue weighted by Gasteiger charge is -2.37. The van der Waals surface area contributed by atoms with E-state index in [4.69, 9.17) is 10.5 Å². The summed E-state index contributed by atoms with van der Waals surface area (Å²) < 4.78 is 5.61. The van der Waals surface area contributed by atoms with Gasteiger partial charge in [0.2, 0.25) is 5.91 Å². The molecule has 0 spiro atoms. The Labute approximate surface area is 104 Å². The summed E-state index contributed by atoms with van der Waals surface area (Å²) in [5.74, 6) is 0.148. The van der Waals surface area contributed by atoms with E-state index in [0.29, 0.717) is 19.5 Å². The van der Waals surface area contributed by atoms with Gasteiger partial charge in [0.1, 0.15) is 0 Å². The highest BCUT2D eigenvalue weighted by atomic mass is 16.5. The molecule has 1 fully saturated rings. The number of ether oxygens (including phenoxy) is 1. The monoisotopic (exact) mass is 242 g/mol. The molecule has 0 aromatic heterocycles. The lowest BCUT2D eigenvalue weighted by Crippen LogP contribution is -2.50. The van der Waals surface area contributed by atoms with Crippen molar-refractivity contribution in [2.45, 2.75) is 59.3 Å². The molecule has 100 valence electrons. The van der Waals surface area contributed by atoms with Crippen LogP contribution in [0.3, 0.4) is 0 Å². The van der Waals surface area contributed by atoms with Crippen LogP contribution in [-0.2, 0) is 9.53 Å². The van der Waals surface area contributed by atoms with E-state index in [1.54, 1.807) is 0 Å². The average Bonchev–Trinajstić information content (AvgIpc) is 2.14. The van der Waals surface area contributed by atoms with Crippen molar-refractivity contribution in [1.29, 1.82) is 0 Å². The van der Waals surface area contributed by atoms with Crippen LogP contribution in [0, 0.1) is 5.41 Å². The molecule has 0 bridgehead atoms. The summed E-state index contributed by atoms with van der Waals surface area (Å²) in [5.41, 5.74) is 6.02. The van der Waals surface area contributed by atoms with E-state index in [1.165, 1.54) is 0 Å². The van der Waals surface area contributed by atoms with E-state index < -0.39 is 0 Å². The van der Waals surface area contributed by atoms with Crippen molar-refractivity contribution < 1.29 is 9.53 Å². The van der Waals surface area contributed by atoms with Crippen LogP contribution in [-0.4, -0.2) is 42.1 Å². The van der Waals surface area contributed by atoms with Crippen molar-refractivity contribution in [1.82, 2.24) is 4.90 Å². The maximum Gasteiger partial charge on any atom is 0.224 e. The van der Waals surface area contributed by atoms with Gasteiger partial charge in [-0.15, -0.1) is 0 Å². The Bertz CT molecular complexity index is 263. The van der Waals surface area contributed by atoms with Crippen LogP contribution in [0.4, 0.5) is 0 Å². The summed E-state index contributed by atoms with van der Waals surface area (Å²) in [6.45, 7) is 11.6. The molecule has 1 aliphatic heterocycles. The second-order valence-electron chi connectivity index (χ2n) is 6.23. The molecule has 1 heterocycles. The summed E-state index contributed by atoms with van der Waals surface area (Å²) in [6, 6.07) is -0.0940. The molecule has 2 N–H and O–H groups in total. The van der Waals surface area contributed by atoms with E-state index in [1.807, 2.05) is 18.7 Å². The number of carbonyl (C=O) groups is 1. The molecule has 1 rings (SSSR count). The first-order chi connectivity index (χ1) is 7.70. The topological polar surface area (TPSA) is 55.6 Å². The molecular weight excluding hydrogens is 216 g/mol. The normalized spacial score (nSPS) is 28.0. The fourth-order valence-electron chi connectivity index (χ4n) is 2.00. The van der Waals surface area contributed by atoms with E-state index in [9.17, 15) is 4.79 Å². The summed E-state index contributed by atoms with van der Waals surface area (Å²) >= 11 is 0. The molecule has 0 aromatic carbocycles. The molecule has 3 atom stereocenters. The average molecular weight is 242 g/mol. The fourth-order valence-corrected chi connectivity index (χ4v) is 2.00. The van der Waals surface area contributed by atoms with Crippen molar-refractivity contribution in [3.8, 4) is 0 Å². The first kappa shape index (κ1) is 14.5. The van der Waals surface area contributed by atoms with Crippen LogP contribution in [0.5, 0.6) is 0 Å². The third kappa shape index (κ3) is 4.28. The smallest absolute Gasteiger partial charge is 0.224 e. The maximum absolute atomic E-state index is 12.1. The zero-order chi connectivity index (χ0) is 13.2. The van der Waals surface area contributed by atoms with Crippen molar-refractivity contribution >= 4 is 5.91 Å². The molecule has 1 aliphatic rings. The fraction of sp³-hybridized carbons (Fsp3) is 0.923. The SMILES string of the molecule is C[C@@H]1CN(C(=O)CC(N)C(C)(C)C)C[C@H](C)O1. The minimum atomic E-state index is -0.0940. The summed E-state index contributed by atoms with van der Waals surface area (Å²) in [7, 11) is 0. The zero-order valence-electron chi connectivity index (χ0n) is 11.7. The number of amides is 1. The third-order valence-electron chi connectivity index (χ3n) is 3.28. The Balaban J connectivity index is 2.53. The van der Waals surface area contributed by atoms with Gasteiger partial charge >= 0.3 is 0 Å². The zero-order valence-corrected chi connectivity index (χ0v) is 11.7. The molecule has 4 nitrogen and oxygen atoms in total. The Morgan fingerprint density at radius 2 is 1.82 bits per heavy atom. The number of hydrogen-bond donors (Lipinski definition) is 1. The van der Waals surface area contributed by atoms with Crippen molar-refractivity contribution in [2.24, 2.45) is 11.1 Å². The van der Waals surface area contributed by atoms with Crippen molar-refractivity contribution in [3.63, 3.8) is 0 Å². The van der Waals surface area contributed by atoms with E-state index >= 15 is 0 Å². The number of carbonyl (C=O) groups excluding carboxylic acids is 1. The third-order valence-corrected chi connectivity index (χ3v) is 3.28. The molecule has 1 amide bonds. The largest absolute Gasteiger partial charge is 0.372 e. The second-order valence-corrected chi connectivity index (χ2v) is 6.23. The first-order valence-electron chi connectivity index (χ1n) is 6.39. The van der Waals surface area contributed by atoms with Gasteiger partial charge in [-0.05, 0) is 19.3 Å². The Morgan fingerprint density at radius 1 is 1.35 bits per heavy atom. The van der Waals surface area contributed by atoms with Crippen LogP contribution in [0.1, 0.15) is 41.0 Å². The predicted octanol–water partition coefficient (Wildman–Crippen LogP) is 1.39. The lowest BCUT2D eigenvalue weighted by molar-refractivity contribution is -0.144. The Hall–Kier alpha value is -0.610. The Morgan fingerprint density at radius 3 is 2.24 bits per heavy atom. The maximum atomic E-state index is 12.1. The van der Waals surface area contributed by atoms with Gasteiger partial charge in [-0.25, -0.2) is 0 Å². The highest BCUT2D eigenvalue weighted by molar-refractivity contribution is 5.77. The lowest BCUT2D eigenvalue weighted by atomic mass is 9.85. The van der Waals surface area contributed by atoms with Gasteiger partial charge in [0, 0.05) is 25.6 Å². The van der Waals surface area contributed by atoms with Crippen LogP contribution >= 0.6 is 0 Å². The van der Waals surface area contributed by atoms with Gasteiger partial charge < -0.3 is 15.4 Å². The van der Waals surface area contributed by atoms with Gasteiger partial charge in [0.25, 0.3) is 0 Å². The van der Waals surface area contributed by atoms with E-state index in [0.717, 1.165) is 0 Å². The molecule has 1 saturated heterocycles. The molecule has 0 aromatic rings. The first-order valence-corrected chi connectivity index (χ1v) is 6.39. The van der Waals surface area contributed by atoms with Crippen LogP contribution in [0.2, 0.25) is 0 Å². The number of rotatable bonds is 2. The molecular formula is C13H26N2O2. The molecule has 0 radical (unpaired) electrons. The van der Waals surface area contributed by atoms with E-state index in [-0.39, 0.29) is 29.6 Å². The predicted molar refractivity (Wildman–Crippen MR) is 68.6 cm³/mol. The molecule has 4 heteroatoms. The molecule has 0 saturated carbocycles. The summed E-state index contributed by atoms with van der Waals surface area (Å²) in [6.07, 6.45) is 0.658. The highest BCUT2D eigenvalue weighted by Gasteiger charge is 2.29. The van der Waals surface area contributed by atoms with Crippen LogP contribution in [0.15, 0.2) is 0 Å². The number of nitrogens with two attached hydrogens (primary N) is 1. The Kier molecular flexibility index (Phi) is 4.55. The molecule has 0 aliphatic carbocycles. The van der Waals surface area contributed by atoms with Gasteiger partial charge in [0.15, 0.2) is 0 Å². The van der Waals surface area contributed by atoms with Crippen molar-refractivity contribution in [3.05, 3.63) is 0 Å². The highest BCUT2D eigenvalue weighted by Crippen LogP contribution is 2.21. The second kappa shape index (κ2) is 5.36. The van der Waals surface area contributed by atoms with Gasteiger partial charge in [0.05, 0.1) is 12.2 Å². The standard InChI is InChI=1S/C13H26N2O2/c1-9-7-15(8-10(2)17-9)12(16)6-11(14)13(3,4)5/h9-11H,6-8,14H2,1-5H3/t9-,10+,11?. The molecule has 17 heavy (non-hydrogen) atoms. The number of nitrogens with zero attached hydrogens (tertiary/aromatic N) is 1. The quantitative estimate of drug-likeness (QED) is 0.796. The van der Waals surface area contributed by atoms with E-state index in [2.05, 4.69) is 20.8 Å². The molecule has 1 unspecified atom stereocenters.